The summed E-state index contributed by atoms with van der Waals surface area (Å²) in [6, 6.07) is 5.06. The summed E-state index contributed by atoms with van der Waals surface area (Å²) in [7, 11) is 0. The minimum Gasteiger partial charge on any atom is -0.444 e. The number of hydrogen-bond donors (Lipinski definition) is 2. The van der Waals surface area contributed by atoms with Crippen LogP contribution in [0.4, 0.5) is 16.2 Å². The van der Waals surface area contributed by atoms with Crippen LogP contribution in [0.25, 0.3) is 0 Å². The van der Waals surface area contributed by atoms with Gasteiger partial charge in [0, 0.05) is 13.1 Å². The Morgan fingerprint density at radius 2 is 2.08 bits per heavy atom. The monoisotopic (exact) mass is 353 g/mol. The fourth-order valence-electron chi connectivity index (χ4n) is 2.58. The number of nitrogens with two attached hydrogens (primary N) is 1. The Morgan fingerprint density at radius 1 is 1.38 bits per heavy atom. The lowest BCUT2D eigenvalue weighted by atomic mass is 9.97. The third-order valence-corrected chi connectivity index (χ3v) is 4.05. The van der Waals surface area contributed by atoms with E-state index in [4.69, 9.17) is 22.1 Å². The standard InChI is InChI=1S/C17H24ClN3O3/c1-17(2,3)24-16(23)21-9-5-6-11(10-21)15(22)20-14-12(18)7-4-8-13(14)19/h4,7-8,11H,5-6,9-10,19H2,1-3H3,(H,20,22)/t11-/m1/s1. The van der Waals surface area contributed by atoms with Crippen LogP contribution >= 0.6 is 11.6 Å². The lowest BCUT2D eigenvalue weighted by molar-refractivity contribution is -0.121. The molecule has 1 aliphatic rings. The number of benzene rings is 1. The Bertz CT molecular complexity index is 608. The molecule has 2 amide bonds. The maximum atomic E-state index is 12.5. The number of para-hydroxylation sites is 1. The Balaban J connectivity index is 2.01. The highest BCUT2D eigenvalue weighted by atomic mass is 35.5. The molecule has 1 aromatic rings. The molecule has 1 saturated heterocycles. The fraction of sp³-hybridized carbons (Fsp3) is 0.529. The number of halogens is 1. The number of piperidine rings is 1. The molecule has 6 nitrogen and oxygen atoms in total. The van der Waals surface area contributed by atoms with Crippen molar-refractivity contribution in [1.29, 1.82) is 0 Å². The summed E-state index contributed by atoms with van der Waals surface area (Å²) in [6.07, 6.45) is 1.06. The van der Waals surface area contributed by atoms with Crippen molar-refractivity contribution in [3.63, 3.8) is 0 Å². The predicted octanol–water partition coefficient (Wildman–Crippen LogP) is 3.51. The van der Waals surface area contributed by atoms with Crippen molar-refractivity contribution in [2.75, 3.05) is 24.1 Å². The zero-order valence-corrected chi connectivity index (χ0v) is 15.0. The van der Waals surface area contributed by atoms with E-state index in [1.165, 1.54) is 0 Å². The zero-order valence-electron chi connectivity index (χ0n) is 14.3. The van der Waals surface area contributed by atoms with Crippen LogP contribution in [0.5, 0.6) is 0 Å². The average molecular weight is 354 g/mol. The van der Waals surface area contributed by atoms with Gasteiger partial charge in [-0.3, -0.25) is 4.79 Å². The Kier molecular flexibility index (Phi) is 5.59. The summed E-state index contributed by atoms with van der Waals surface area (Å²) in [4.78, 5) is 26.3. The molecule has 1 heterocycles. The smallest absolute Gasteiger partial charge is 0.410 e. The van der Waals surface area contributed by atoms with E-state index >= 15 is 0 Å². The highest BCUT2D eigenvalue weighted by molar-refractivity contribution is 6.34. The normalized spacial score (nSPS) is 18.2. The molecule has 3 N–H and O–H groups in total. The lowest BCUT2D eigenvalue weighted by Crippen LogP contribution is -2.45. The molecule has 1 aliphatic heterocycles. The van der Waals surface area contributed by atoms with Gasteiger partial charge in [-0.2, -0.15) is 0 Å². The molecule has 0 radical (unpaired) electrons. The van der Waals surface area contributed by atoms with Gasteiger partial charge in [-0.05, 0) is 45.7 Å². The highest BCUT2D eigenvalue weighted by Crippen LogP contribution is 2.29. The van der Waals surface area contributed by atoms with E-state index in [0.717, 1.165) is 6.42 Å². The second-order valence-electron chi connectivity index (χ2n) is 6.96. The van der Waals surface area contributed by atoms with Crippen molar-refractivity contribution in [1.82, 2.24) is 4.90 Å². The second-order valence-corrected chi connectivity index (χ2v) is 7.37. The number of anilines is 2. The number of carbonyl (C=O) groups is 2. The van der Waals surface area contributed by atoms with Gasteiger partial charge in [-0.25, -0.2) is 4.79 Å². The van der Waals surface area contributed by atoms with Crippen molar-refractivity contribution in [2.24, 2.45) is 5.92 Å². The van der Waals surface area contributed by atoms with Crippen LogP contribution in [-0.4, -0.2) is 35.6 Å². The van der Waals surface area contributed by atoms with Gasteiger partial charge in [0.15, 0.2) is 0 Å². The van der Waals surface area contributed by atoms with E-state index in [0.29, 0.717) is 35.9 Å². The van der Waals surface area contributed by atoms with Crippen LogP contribution in [0.2, 0.25) is 5.02 Å². The number of nitrogens with zero attached hydrogens (tertiary/aromatic N) is 1. The largest absolute Gasteiger partial charge is 0.444 e. The molecule has 2 rings (SSSR count). The van der Waals surface area contributed by atoms with E-state index in [1.807, 2.05) is 20.8 Å². The molecule has 0 unspecified atom stereocenters. The Morgan fingerprint density at radius 3 is 2.71 bits per heavy atom. The van der Waals surface area contributed by atoms with Gasteiger partial charge in [-0.1, -0.05) is 17.7 Å². The molecule has 0 spiro atoms. The first-order valence-corrected chi connectivity index (χ1v) is 8.38. The van der Waals surface area contributed by atoms with Crippen LogP contribution in [0.3, 0.4) is 0 Å². The SMILES string of the molecule is CC(C)(C)OC(=O)N1CCC[C@@H](C(=O)Nc2c(N)cccc2Cl)C1. The van der Waals surface area contributed by atoms with E-state index in [9.17, 15) is 9.59 Å². The third kappa shape index (κ3) is 4.77. The summed E-state index contributed by atoms with van der Waals surface area (Å²) < 4.78 is 5.38. The molecule has 24 heavy (non-hydrogen) atoms. The van der Waals surface area contributed by atoms with Crippen molar-refractivity contribution >= 4 is 35.0 Å². The molecule has 0 aromatic heterocycles. The molecule has 0 bridgehead atoms. The zero-order chi connectivity index (χ0) is 17.9. The average Bonchev–Trinajstić information content (AvgIpc) is 2.49. The molecule has 1 fully saturated rings. The summed E-state index contributed by atoms with van der Waals surface area (Å²) in [5.74, 6) is -0.509. The highest BCUT2D eigenvalue weighted by Gasteiger charge is 2.31. The molecule has 0 aliphatic carbocycles. The van der Waals surface area contributed by atoms with Crippen LogP contribution in [-0.2, 0) is 9.53 Å². The van der Waals surface area contributed by atoms with Gasteiger partial charge in [0.25, 0.3) is 0 Å². The van der Waals surface area contributed by atoms with Crippen molar-refractivity contribution in [2.45, 2.75) is 39.2 Å². The van der Waals surface area contributed by atoms with Crippen molar-refractivity contribution in [3.05, 3.63) is 23.2 Å². The van der Waals surface area contributed by atoms with Crippen molar-refractivity contribution < 1.29 is 14.3 Å². The topological polar surface area (TPSA) is 84.7 Å². The first kappa shape index (κ1) is 18.4. The molecule has 1 aromatic carbocycles. The second kappa shape index (κ2) is 7.30. The van der Waals surface area contributed by atoms with Gasteiger partial charge in [0.1, 0.15) is 5.60 Å². The first-order valence-electron chi connectivity index (χ1n) is 8.00. The quantitative estimate of drug-likeness (QED) is 0.797. The van der Waals surface area contributed by atoms with Gasteiger partial charge < -0.3 is 20.7 Å². The molecule has 1 atom stereocenters. The molecule has 132 valence electrons. The molecule has 0 saturated carbocycles. The van der Waals surface area contributed by atoms with E-state index < -0.39 is 11.7 Å². The number of hydrogen-bond acceptors (Lipinski definition) is 4. The number of rotatable bonds is 2. The summed E-state index contributed by atoms with van der Waals surface area (Å²) in [5.41, 5.74) is 6.13. The first-order chi connectivity index (χ1) is 11.2. The number of ether oxygens (including phenoxy) is 1. The van der Waals surface area contributed by atoms with Gasteiger partial charge >= 0.3 is 6.09 Å². The fourth-order valence-corrected chi connectivity index (χ4v) is 2.81. The predicted molar refractivity (Wildman–Crippen MR) is 95.0 cm³/mol. The Labute approximate surface area is 147 Å². The minimum absolute atomic E-state index is 0.192. The van der Waals surface area contributed by atoms with E-state index in [2.05, 4.69) is 5.32 Å². The molecular weight excluding hydrogens is 330 g/mol. The van der Waals surface area contributed by atoms with Crippen molar-refractivity contribution in [3.8, 4) is 0 Å². The maximum Gasteiger partial charge on any atom is 0.410 e. The van der Waals surface area contributed by atoms with E-state index in [-0.39, 0.29) is 11.8 Å². The summed E-state index contributed by atoms with van der Waals surface area (Å²) in [6.45, 7) is 6.37. The van der Waals surface area contributed by atoms with Gasteiger partial charge in [-0.15, -0.1) is 0 Å². The summed E-state index contributed by atoms with van der Waals surface area (Å²) >= 11 is 6.09. The minimum atomic E-state index is -0.557. The van der Waals surface area contributed by atoms with Crippen LogP contribution in [0.1, 0.15) is 33.6 Å². The molecular formula is C17H24ClN3O3. The number of amides is 2. The number of likely N-dealkylation sites (tertiary alicyclic amines) is 1. The van der Waals surface area contributed by atoms with Gasteiger partial charge in [0.05, 0.1) is 22.3 Å². The van der Waals surface area contributed by atoms with E-state index in [1.54, 1.807) is 23.1 Å². The summed E-state index contributed by atoms with van der Waals surface area (Å²) in [5, 5.41) is 3.17. The number of nitrogen functional groups attached to an aromatic ring is 1. The maximum absolute atomic E-state index is 12.5. The van der Waals surface area contributed by atoms with Gasteiger partial charge in [0.2, 0.25) is 5.91 Å². The number of nitrogens with one attached hydrogen (secondary N) is 1. The van der Waals surface area contributed by atoms with Crippen LogP contribution < -0.4 is 11.1 Å². The third-order valence-electron chi connectivity index (χ3n) is 3.74. The van der Waals surface area contributed by atoms with Crippen LogP contribution in [0.15, 0.2) is 18.2 Å². The number of carbonyl (C=O) groups excluding carboxylic acids is 2. The molecule has 7 heteroatoms. The lowest BCUT2D eigenvalue weighted by Gasteiger charge is -2.33. The van der Waals surface area contributed by atoms with Crippen LogP contribution in [0, 0.1) is 5.92 Å². The Hall–Kier alpha value is -1.95.